The Hall–Kier alpha value is -2.85. The van der Waals surface area contributed by atoms with Gasteiger partial charge in [0, 0.05) is 22.8 Å². The van der Waals surface area contributed by atoms with Gasteiger partial charge in [-0.25, -0.2) is 8.42 Å². The minimum absolute atomic E-state index is 0.0965. The third kappa shape index (κ3) is 4.90. The highest BCUT2D eigenvalue weighted by Gasteiger charge is 2.31. The Balaban J connectivity index is 2.40. The SMILES string of the molecule is COc1ccc(Cl)cc1N([C@@H](C)C(=O)Nc1cccc([N+](=O)[O-])c1)S(C)(=O)=O. The number of nitro benzene ring substituents is 1. The number of non-ortho nitro benzene ring substituents is 1. The van der Waals surface area contributed by atoms with Crippen LogP contribution in [0.25, 0.3) is 0 Å². The predicted molar refractivity (Wildman–Crippen MR) is 107 cm³/mol. The summed E-state index contributed by atoms with van der Waals surface area (Å²) in [7, 11) is -2.54. The Bertz CT molecular complexity index is 1010. The minimum atomic E-state index is -3.90. The van der Waals surface area contributed by atoms with Crippen LogP contribution in [0.2, 0.25) is 5.02 Å². The molecule has 0 bridgehead atoms. The molecule has 150 valence electrons. The van der Waals surface area contributed by atoms with Gasteiger partial charge in [0.2, 0.25) is 15.9 Å². The van der Waals surface area contributed by atoms with E-state index in [0.717, 1.165) is 10.6 Å². The highest BCUT2D eigenvalue weighted by molar-refractivity contribution is 7.92. The summed E-state index contributed by atoms with van der Waals surface area (Å²) in [5.41, 5.74) is 0.0543. The van der Waals surface area contributed by atoms with E-state index in [1.807, 2.05) is 0 Å². The van der Waals surface area contributed by atoms with Crippen LogP contribution in [0.3, 0.4) is 0 Å². The molecule has 0 spiro atoms. The first-order valence-corrected chi connectivity index (χ1v) is 10.2. The monoisotopic (exact) mass is 427 g/mol. The van der Waals surface area contributed by atoms with E-state index in [4.69, 9.17) is 16.3 Å². The summed E-state index contributed by atoms with van der Waals surface area (Å²) >= 11 is 5.99. The normalized spacial score (nSPS) is 12.1. The summed E-state index contributed by atoms with van der Waals surface area (Å²) in [6, 6.07) is 8.52. The van der Waals surface area contributed by atoms with Crippen LogP contribution < -0.4 is 14.4 Å². The molecule has 1 amide bonds. The van der Waals surface area contributed by atoms with Crippen LogP contribution in [-0.2, 0) is 14.8 Å². The fourth-order valence-corrected chi connectivity index (χ4v) is 3.90. The van der Waals surface area contributed by atoms with Gasteiger partial charge in [0.25, 0.3) is 5.69 Å². The molecular formula is C17H18ClN3O6S. The van der Waals surface area contributed by atoms with Gasteiger partial charge in [-0.05, 0) is 31.2 Å². The van der Waals surface area contributed by atoms with Crippen molar-refractivity contribution in [2.75, 3.05) is 23.0 Å². The molecule has 28 heavy (non-hydrogen) atoms. The van der Waals surface area contributed by atoms with E-state index < -0.39 is 26.9 Å². The van der Waals surface area contributed by atoms with Gasteiger partial charge in [-0.2, -0.15) is 0 Å². The number of carbonyl (C=O) groups is 1. The highest BCUT2D eigenvalue weighted by Crippen LogP contribution is 2.34. The number of ether oxygens (including phenoxy) is 1. The summed E-state index contributed by atoms with van der Waals surface area (Å²) in [6.07, 6.45) is 0.949. The average molecular weight is 428 g/mol. The molecule has 0 fully saturated rings. The lowest BCUT2D eigenvalue weighted by Crippen LogP contribution is -2.45. The van der Waals surface area contributed by atoms with E-state index in [0.29, 0.717) is 0 Å². The van der Waals surface area contributed by atoms with Crippen molar-refractivity contribution >= 4 is 44.6 Å². The number of hydrogen-bond acceptors (Lipinski definition) is 6. The van der Waals surface area contributed by atoms with Crippen molar-refractivity contribution in [1.82, 2.24) is 0 Å². The first-order chi connectivity index (χ1) is 13.0. The van der Waals surface area contributed by atoms with Gasteiger partial charge in [-0.15, -0.1) is 0 Å². The van der Waals surface area contributed by atoms with E-state index in [1.165, 1.54) is 56.5 Å². The topological polar surface area (TPSA) is 119 Å². The van der Waals surface area contributed by atoms with E-state index in [-0.39, 0.29) is 27.8 Å². The van der Waals surface area contributed by atoms with Crippen LogP contribution in [-0.4, -0.2) is 38.7 Å². The fourth-order valence-electron chi connectivity index (χ4n) is 2.56. The van der Waals surface area contributed by atoms with Gasteiger partial charge in [0.15, 0.2) is 0 Å². The fraction of sp³-hybridized carbons (Fsp3) is 0.235. The molecule has 0 radical (unpaired) electrons. The number of anilines is 2. The van der Waals surface area contributed by atoms with Gasteiger partial charge >= 0.3 is 0 Å². The number of amides is 1. The number of rotatable bonds is 7. The van der Waals surface area contributed by atoms with E-state index in [1.54, 1.807) is 0 Å². The van der Waals surface area contributed by atoms with Gasteiger partial charge in [-0.1, -0.05) is 17.7 Å². The molecule has 1 N–H and O–H groups in total. The lowest BCUT2D eigenvalue weighted by atomic mass is 10.2. The summed E-state index contributed by atoms with van der Waals surface area (Å²) in [5, 5.41) is 13.6. The second-order valence-corrected chi connectivity index (χ2v) is 8.14. The van der Waals surface area contributed by atoms with Crippen LogP contribution in [0, 0.1) is 10.1 Å². The maximum atomic E-state index is 12.7. The molecule has 0 aromatic heterocycles. The molecule has 2 rings (SSSR count). The zero-order chi connectivity index (χ0) is 21.1. The van der Waals surface area contributed by atoms with E-state index in [9.17, 15) is 23.3 Å². The lowest BCUT2D eigenvalue weighted by Gasteiger charge is -2.29. The Morgan fingerprint density at radius 3 is 2.54 bits per heavy atom. The third-order valence-corrected chi connectivity index (χ3v) is 5.25. The zero-order valence-corrected chi connectivity index (χ0v) is 16.8. The molecule has 1 atom stereocenters. The highest BCUT2D eigenvalue weighted by atomic mass is 35.5. The standard InChI is InChI=1S/C17H18ClN3O6S/c1-11(17(22)19-13-5-4-6-14(10-13)21(23)24)20(28(3,25)26)15-9-12(18)7-8-16(15)27-2/h4-11H,1-3H3,(H,19,22)/t11-/m0/s1. The number of carbonyl (C=O) groups excluding carboxylic acids is 1. The molecule has 0 heterocycles. The van der Waals surface area contributed by atoms with Crippen molar-refractivity contribution in [2.24, 2.45) is 0 Å². The molecule has 0 aliphatic rings. The number of methoxy groups -OCH3 is 1. The van der Waals surface area contributed by atoms with Crippen LogP contribution in [0.5, 0.6) is 5.75 Å². The summed E-state index contributed by atoms with van der Waals surface area (Å²) in [6.45, 7) is 1.38. The first kappa shape index (κ1) is 21.5. The molecule has 11 heteroatoms. The molecule has 0 saturated carbocycles. The average Bonchev–Trinajstić information content (AvgIpc) is 2.61. The second kappa shape index (κ2) is 8.44. The molecule has 2 aromatic rings. The molecule has 9 nitrogen and oxygen atoms in total. The Morgan fingerprint density at radius 1 is 1.29 bits per heavy atom. The maximum absolute atomic E-state index is 12.7. The number of benzene rings is 2. The largest absolute Gasteiger partial charge is 0.495 e. The lowest BCUT2D eigenvalue weighted by molar-refractivity contribution is -0.384. The van der Waals surface area contributed by atoms with Crippen molar-refractivity contribution in [2.45, 2.75) is 13.0 Å². The maximum Gasteiger partial charge on any atom is 0.271 e. The molecule has 0 aliphatic heterocycles. The minimum Gasteiger partial charge on any atom is -0.495 e. The van der Waals surface area contributed by atoms with Gasteiger partial charge < -0.3 is 10.1 Å². The summed E-state index contributed by atoms with van der Waals surface area (Å²) in [5.74, 6) is -0.474. The Labute approximate surface area is 167 Å². The number of nitro groups is 1. The Kier molecular flexibility index (Phi) is 6.47. The number of halogens is 1. The molecule has 0 unspecified atom stereocenters. The van der Waals surface area contributed by atoms with E-state index >= 15 is 0 Å². The zero-order valence-electron chi connectivity index (χ0n) is 15.2. The first-order valence-electron chi connectivity index (χ1n) is 7.93. The third-order valence-electron chi connectivity index (χ3n) is 3.79. The van der Waals surface area contributed by atoms with Gasteiger partial charge in [-0.3, -0.25) is 19.2 Å². The number of nitrogens with zero attached hydrogens (tertiary/aromatic N) is 2. The summed E-state index contributed by atoms with van der Waals surface area (Å²) < 4.78 is 30.9. The number of hydrogen-bond donors (Lipinski definition) is 1. The Morgan fingerprint density at radius 2 is 1.96 bits per heavy atom. The van der Waals surface area contributed by atoms with Crippen LogP contribution >= 0.6 is 11.6 Å². The molecule has 0 aliphatic carbocycles. The van der Waals surface area contributed by atoms with Crippen molar-refractivity contribution in [3.05, 3.63) is 57.6 Å². The van der Waals surface area contributed by atoms with Crippen LogP contribution in [0.4, 0.5) is 17.1 Å². The quantitative estimate of drug-likeness (QED) is 0.535. The molecule has 2 aromatic carbocycles. The number of sulfonamides is 1. The van der Waals surface area contributed by atoms with Crippen molar-refractivity contribution < 1.29 is 22.9 Å². The van der Waals surface area contributed by atoms with E-state index in [2.05, 4.69) is 5.32 Å². The van der Waals surface area contributed by atoms with Crippen molar-refractivity contribution in [3.8, 4) is 5.75 Å². The molecule has 0 saturated heterocycles. The van der Waals surface area contributed by atoms with Crippen molar-refractivity contribution in [3.63, 3.8) is 0 Å². The number of nitrogens with one attached hydrogen (secondary N) is 1. The van der Waals surface area contributed by atoms with Crippen molar-refractivity contribution in [1.29, 1.82) is 0 Å². The van der Waals surface area contributed by atoms with Gasteiger partial charge in [0.05, 0.1) is 24.0 Å². The van der Waals surface area contributed by atoms with Crippen LogP contribution in [0.1, 0.15) is 6.92 Å². The van der Waals surface area contributed by atoms with Crippen LogP contribution in [0.15, 0.2) is 42.5 Å². The summed E-state index contributed by atoms with van der Waals surface area (Å²) in [4.78, 5) is 23.0. The predicted octanol–water partition coefficient (Wildman–Crippen LogP) is 3.05. The molecular weight excluding hydrogens is 410 g/mol. The second-order valence-electron chi connectivity index (χ2n) is 5.85. The smallest absolute Gasteiger partial charge is 0.271 e. The van der Waals surface area contributed by atoms with Gasteiger partial charge in [0.1, 0.15) is 11.8 Å².